The van der Waals surface area contributed by atoms with Crippen LogP contribution in [-0.2, 0) is 14.4 Å². The highest BCUT2D eigenvalue weighted by atomic mass is 19.4. The Morgan fingerprint density at radius 2 is 1.66 bits per heavy atom. The first kappa shape index (κ1) is 30.4. The Morgan fingerprint density at radius 3 is 2.24 bits per heavy atom. The summed E-state index contributed by atoms with van der Waals surface area (Å²) >= 11 is 0. The molecule has 4 rings (SSSR count). The standard InChI is InChI=1S/C27H25N5O2.C2HF3O2/c28-15-18-6-1-2-9-19(18)20-10-3-4-11-21(20)24-13-23(27(34)32-24)22(14-25(29)33)16-7-5-8-17(12-16)26(30)31;3-2(4,5)1(6)7/h1-12,22-24H,13-14H2,(H2,29,33)(H3,30,31)(H,32,34);(H,6,7). The van der Waals surface area contributed by atoms with Gasteiger partial charge in [0.15, 0.2) is 0 Å². The van der Waals surface area contributed by atoms with Gasteiger partial charge in [-0.15, -0.1) is 0 Å². The Morgan fingerprint density at radius 1 is 1.05 bits per heavy atom. The van der Waals surface area contributed by atoms with Crippen LogP contribution >= 0.6 is 0 Å². The minimum absolute atomic E-state index is 0.00504. The fourth-order valence-corrected chi connectivity index (χ4v) is 4.76. The van der Waals surface area contributed by atoms with Gasteiger partial charge in [0, 0.05) is 23.8 Å². The predicted octanol–water partition coefficient (Wildman–Crippen LogP) is 3.98. The van der Waals surface area contributed by atoms with E-state index in [0.717, 1.165) is 22.3 Å². The smallest absolute Gasteiger partial charge is 0.475 e. The van der Waals surface area contributed by atoms with Crippen LogP contribution in [0.5, 0.6) is 0 Å². The fraction of sp³-hybridized carbons (Fsp3) is 0.207. The number of carboxylic acid groups (broad SMARTS) is 1. The molecule has 7 N–H and O–H groups in total. The number of carbonyl (C=O) groups excluding carboxylic acids is 2. The number of amidine groups is 1. The van der Waals surface area contributed by atoms with E-state index >= 15 is 0 Å². The number of amides is 2. The molecule has 3 unspecified atom stereocenters. The highest BCUT2D eigenvalue weighted by Crippen LogP contribution is 2.42. The molecular formula is C29H26F3N5O4. The number of benzene rings is 3. The number of carboxylic acids is 1. The van der Waals surface area contributed by atoms with E-state index in [9.17, 15) is 28.0 Å². The molecule has 1 heterocycles. The molecule has 0 saturated carbocycles. The van der Waals surface area contributed by atoms with E-state index in [1.165, 1.54) is 0 Å². The monoisotopic (exact) mass is 565 g/mol. The topological polar surface area (TPSA) is 183 Å². The maximum absolute atomic E-state index is 13.2. The van der Waals surface area contributed by atoms with Crippen LogP contribution in [0.4, 0.5) is 13.2 Å². The molecule has 12 heteroatoms. The first-order chi connectivity index (χ1) is 19.3. The summed E-state index contributed by atoms with van der Waals surface area (Å²) in [6.45, 7) is 0. The van der Waals surface area contributed by atoms with Gasteiger partial charge >= 0.3 is 12.1 Å². The summed E-state index contributed by atoms with van der Waals surface area (Å²) in [7, 11) is 0. The van der Waals surface area contributed by atoms with Crippen molar-refractivity contribution in [1.29, 1.82) is 10.7 Å². The number of primary amides is 1. The highest BCUT2D eigenvalue weighted by Gasteiger charge is 2.40. The normalized spacial score (nSPS) is 16.9. The number of nitrogens with two attached hydrogens (primary N) is 2. The number of nitrogen functional groups attached to an aromatic ring is 1. The number of carbonyl (C=O) groups is 3. The number of alkyl halides is 3. The van der Waals surface area contributed by atoms with Gasteiger partial charge in [0.25, 0.3) is 0 Å². The number of rotatable bonds is 7. The molecule has 3 aromatic rings. The number of hydrogen-bond acceptors (Lipinski definition) is 5. The molecule has 3 atom stereocenters. The Bertz CT molecular complexity index is 1520. The Balaban J connectivity index is 0.000000587. The van der Waals surface area contributed by atoms with Crippen LogP contribution in [0.25, 0.3) is 11.1 Å². The lowest BCUT2D eigenvalue weighted by molar-refractivity contribution is -0.192. The molecule has 1 aliphatic heterocycles. The minimum Gasteiger partial charge on any atom is -0.475 e. The summed E-state index contributed by atoms with van der Waals surface area (Å²) in [6.07, 6.45) is -4.61. The molecule has 9 nitrogen and oxygen atoms in total. The second kappa shape index (κ2) is 12.8. The molecule has 3 aromatic carbocycles. The van der Waals surface area contributed by atoms with Crippen LogP contribution in [-0.4, -0.2) is 34.9 Å². The first-order valence-corrected chi connectivity index (χ1v) is 12.2. The molecule has 0 bridgehead atoms. The summed E-state index contributed by atoms with van der Waals surface area (Å²) in [5, 5.41) is 27.5. The van der Waals surface area contributed by atoms with E-state index in [2.05, 4.69) is 11.4 Å². The number of nitrogens with one attached hydrogen (secondary N) is 2. The van der Waals surface area contributed by atoms with Crippen molar-refractivity contribution < 1.29 is 32.7 Å². The van der Waals surface area contributed by atoms with Gasteiger partial charge in [-0.3, -0.25) is 15.0 Å². The zero-order valence-corrected chi connectivity index (χ0v) is 21.5. The maximum atomic E-state index is 13.2. The second-order valence-electron chi connectivity index (χ2n) is 9.27. The maximum Gasteiger partial charge on any atom is 0.490 e. The van der Waals surface area contributed by atoms with Crippen molar-refractivity contribution in [3.8, 4) is 17.2 Å². The summed E-state index contributed by atoms with van der Waals surface area (Å²) in [5.74, 6) is -4.43. The van der Waals surface area contributed by atoms with Crippen molar-refractivity contribution in [2.24, 2.45) is 17.4 Å². The van der Waals surface area contributed by atoms with Gasteiger partial charge < -0.3 is 21.9 Å². The van der Waals surface area contributed by atoms with Crippen LogP contribution in [0.15, 0.2) is 72.8 Å². The molecule has 0 aliphatic carbocycles. The summed E-state index contributed by atoms with van der Waals surface area (Å²) in [6, 6.07) is 24.1. The Kier molecular flexibility index (Phi) is 9.47. The molecular weight excluding hydrogens is 539 g/mol. The Labute approximate surface area is 233 Å². The number of halogens is 3. The zero-order chi connectivity index (χ0) is 30.3. The van der Waals surface area contributed by atoms with Crippen molar-refractivity contribution >= 4 is 23.6 Å². The van der Waals surface area contributed by atoms with Crippen LogP contribution in [0.1, 0.15) is 47.1 Å². The first-order valence-electron chi connectivity index (χ1n) is 12.2. The van der Waals surface area contributed by atoms with Crippen molar-refractivity contribution in [3.05, 3.63) is 95.1 Å². The highest BCUT2D eigenvalue weighted by molar-refractivity contribution is 5.95. The molecule has 0 aromatic heterocycles. The molecule has 1 aliphatic rings. The van der Waals surface area contributed by atoms with Crippen molar-refractivity contribution in [2.45, 2.75) is 31.0 Å². The van der Waals surface area contributed by atoms with E-state index in [1.807, 2.05) is 48.5 Å². The van der Waals surface area contributed by atoms with E-state index in [4.69, 9.17) is 26.8 Å². The van der Waals surface area contributed by atoms with Crippen LogP contribution in [0, 0.1) is 22.7 Å². The average Bonchev–Trinajstić information content (AvgIpc) is 3.32. The average molecular weight is 566 g/mol. The van der Waals surface area contributed by atoms with E-state index in [0.29, 0.717) is 17.5 Å². The van der Waals surface area contributed by atoms with E-state index in [1.54, 1.807) is 24.3 Å². The van der Waals surface area contributed by atoms with E-state index < -0.39 is 29.9 Å². The molecule has 1 saturated heterocycles. The number of nitriles is 1. The number of nitrogens with zero attached hydrogens (tertiary/aromatic N) is 1. The van der Waals surface area contributed by atoms with Crippen molar-refractivity contribution in [2.75, 3.05) is 0 Å². The van der Waals surface area contributed by atoms with Crippen LogP contribution in [0.2, 0.25) is 0 Å². The summed E-state index contributed by atoms with van der Waals surface area (Å²) in [4.78, 5) is 34.0. The minimum atomic E-state index is -5.08. The van der Waals surface area contributed by atoms with Gasteiger partial charge in [-0.25, -0.2) is 4.79 Å². The third-order valence-corrected chi connectivity index (χ3v) is 6.59. The SMILES string of the molecule is N#Cc1ccccc1-c1ccccc1C1CC(C(CC(N)=O)c2cccc(C(=N)N)c2)C(=O)N1.O=C(O)C(F)(F)F. The quantitative estimate of drug-likeness (QED) is 0.213. The van der Waals surface area contributed by atoms with Gasteiger partial charge in [0.05, 0.1) is 17.7 Å². The molecule has 1 fully saturated rings. The molecule has 212 valence electrons. The molecule has 2 amide bonds. The molecule has 41 heavy (non-hydrogen) atoms. The van der Waals surface area contributed by atoms with Gasteiger partial charge in [-0.05, 0) is 40.8 Å². The molecule has 0 spiro atoms. The number of aliphatic carboxylic acids is 1. The van der Waals surface area contributed by atoms with Gasteiger partial charge in [0.1, 0.15) is 5.84 Å². The third kappa shape index (κ3) is 7.48. The van der Waals surface area contributed by atoms with Crippen molar-refractivity contribution in [1.82, 2.24) is 5.32 Å². The third-order valence-electron chi connectivity index (χ3n) is 6.59. The van der Waals surface area contributed by atoms with Gasteiger partial charge in [-0.1, -0.05) is 60.7 Å². The predicted molar refractivity (Wildman–Crippen MR) is 143 cm³/mol. The fourth-order valence-electron chi connectivity index (χ4n) is 4.76. The number of hydrogen-bond donors (Lipinski definition) is 5. The largest absolute Gasteiger partial charge is 0.490 e. The second-order valence-corrected chi connectivity index (χ2v) is 9.27. The zero-order valence-electron chi connectivity index (χ0n) is 21.5. The van der Waals surface area contributed by atoms with Crippen LogP contribution in [0.3, 0.4) is 0 Å². The van der Waals surface area contributed by atoms with E-state index in [-0.39, 0.29) is 24.2 Å². The lowest BCUT2D eigenvalue weighted by Crippen LogP contribution is -2.28. The lowest BCUT2D eigenvalue weighted by Gasteiger charge is -2.22. The van der Waals surface area contributed by atoms with Gasteiger partial charge in [-0.2, -0.15) is 18.4 Å². The summed E-state index contributed by atoms with van der Waals surface area (Å²) in [5.41, 5.74) is 15.6. The van der Waals surface area contributed by atoms with Crippen LogP contribution < -0.4 is 16.8 Å². The summed E-state index contributed by atoms with van der Waals surface area (Å²) < 4.78 is 31.7. The Hall–Kier alpha value is -5.18. The van der Waals surface area contributed by atoms with Crippen molar-refractivity contribution in [3.63, 3.8) is 0 Å². The van der Waals surface area contributed by atoms with Gasteiger partial charge in [0.2, 0.25) is 11.8 Å². The lowest BCUT2D eigenvalue weighted by atomic mass is 9.80. The molecule has 0 radical (unpaired) electrons.